The van der Waals surface area contributed by atoms with Gasteiger partial charge in [0.15, 0.2) is 11.5 Å². The number of fused-ring (bicyclic) bond motifs is 6. The zero-order valence-corrected chi connectivity index (χ0v) is 17.0. The SMILES string of the molecule is C=C/C(=C\C)OC1Oc2ccc3c(c2O1)Sc1ccccc1C31OCCCCO1. The van der Waals surface area contributed by atoms with Gasteiger partial charge in [0.2, 0.25) is 5.79 Å². The Labute approximate surface area is 174 Å². The van der Waals surface area contributed by atoms with Crippen molar-refractivity contribution in [2.24, 2.45) is 0 Å². The first-order valence-corrected chi connectivity index (χ1v) is 10.6. The molecule has 3 aliphatic heterocycles. The first-order chi connectivity index (χ1) is 14.2. The molecule has 1 atom stereocenters. The predicted molar refractivity (Wildman–Crippen MR) is 109 cm³/mol. The summed E-state index contributed by atoms with van der Waals surface area (Å²) in [5.74, 6) is 0.966. The van der Waals surface area contributed by atoms with Gasteiger partial charge in [-0.05, 0) is 50.1 Å². The van der Waals surface area contributed by atoms with Crippen molar-refractivity contribution in [1.29, 1.82) is 0 Å². The van der Waals surface area contributed by atoms with Crippen LogP contribution >= 0.6 is 11.8 Å². The highest BCUT2D eigenvalue weighted by molar-refractivity contribution is 7.99. The molecular formula is C23H22O5S. The fourth-order valence-electron chi connectivity index (χ4n) is 3.80. The number of ether oxygens (including phenoxy) is 5. The van der Waals surface area contributed by atoms with E-state index in [0.29, 0.717) is 30.5 Å². The molecule has 1 spiro atoms. The second kappa shape index (κ2) is 7.44. The molecule has 5 nitrogen and oxygen atoms in total. The summed E-state index contributed by atoms with van der Waals surface area (Å²) in [6.45, 7) is 6.04. The molecule has 150 valence electrons. The van der Waals surface area contributed by atoms with E-state index in [0.717, 1.165) is 33.8 Å². The van der Waals surface area contributed by atoms with E-state index >= 15 is 0 Å². The van der Waals surface area contributed by atoms with Gasteiger partial charge in [0, 0.05) is 16.0 Å². The average molecular weight is 410 g/mol. The molecule has 0 aliphatic carbocycles. The second-order valence-corrected chi connectivity index (χ2v) is 7.98. The van der Waals surface area contributed by atoms with Gasteiger partial charge in [0.05, 0.1) is 18.1 Å². The molecule has 2 aromatic rings. The average Bonchev–Trinajstić information content (AvgIpc) is 3.02. The maximum atomic E-state index is 6.38. The minimum atomic E-state index is -0.930. The number of allylic oxidation sites excluding steroid dienone is 2. The molecule has 1 fully saturated rings. The van der Waals surface area contributed by atoms with Gasteiger partial charge in [-0.3, -0.25) is 0 Å². The van der Waals surface area contributed by atoms with Crippen molar-refractivity contribution >= 4 is 11.8 Å². The van der Waals surface area contributed by atoms with Crippen LogP contribution in [-0.2, 0) is 20.0 Å². The van der Waals surface area contributed by atoms with E-state index in [9.17, 15) is 0 Å². The third kappa shape index (κ3) is 3.03. The molecule has 3 aliphatic rings. The number of rotatable bonds is 3. The molecule has 0 bridgehead atoms. The lowest BCUT2D eigenvalue weighted by Gasteiger charge is -2.38. The molecule has 0 amide bonds. The van der Waals surface area contributed by atoms with E-state index in [4.69, 9.17) is 23.7 Å². The summed E-state index contributed by atoms with van der Waals surface area (Å²) in [5, 5.41) is 0. The Morgan fingerprint density at radius 1 is 1.10 bits per heavy atom. The maximum absolute atomic E-state index is 6.38. The summed E-state index contributed by atoms with van der Waals surface area (Å²) in [7, 11) is 0. The van der Waals surface area contributed by atoms with Crippen molar-refractivity contribution in [1.82, 2.24) is 0 Å². The number of hydrogen-bond acceptors (Lipinski definition) is 6. The van der Waals surface area contributed by atoms with Gasteiger partial charge in [0.1, 0.15) is 5.76 Å². The highest BCUT2D eigenvalue weighted by atomic mass is 32.2. The summed E-state index contributed by atoms with van der Waals surface area (Å²) < 4.78 is 30.4. The van der Waals surface area contributed by atoms with Gasteiger partial charge >= 0.3 is 6.48 Å². The Kier molecular flexibility index (Phi) is 4.78. The molecule has 29 heavy (non-hydrogen) atoms. The third-order valence-electron chi connectivity index (χ3n) is 5.19. The summed E-state index contributed by atoms with van der Waals surface area (Å²) >= 11 is 1.64. The summed E-state index contributed by atoms with van der Waals surface area (Å²) in [4.78, 5) is 2.03. The lowest BCUT2D eigenvalue weighted by molar-refractivity contribution is -0.208. The van der Waals surface area contributed by atoms with Crippen LogP contribution < -0.4 is 9.47 Å². The second-order valence-electron chi connectivity index (χ2n) is 6.93. The van der Waals surface area contributed by atoms with Gasteiger partial charge in [-0.25, -0.2) is 0 Å². The number of hydrogen-bond donors (Lipinski definition) is 0. The van der Waals surface area contributed by atoms with Crippen LogP contribution in [0.4, 0.5) is 0 Å². The minimum Gasteiger partial charge on any atom is -0.423 e. The van der Waals surface area contributed by atoms with Crippen molar-refractivity contribution in [2.45, 2.75) is 41.8 Å². The van der Waals surface area contributed by atoms with Crippen LogP contribution in [0.3, 0.4) is 0 Å². The van der Waals surface area contributed by atoms with Crippen molar-refractivity contribution in [2.75, 3.05) is 13.2 Å². The molecule has 2 aromatic carbocycles. The number of benzene rings is 2. The lowest BCUT2D eigenvalue weighted by Crippen LogP contribution is -2.36. The highest BCUT2D eigenvalue weighted by Crippen LogP contribution is 2.57. The fourth-order valence-corrected chi connectivity index (χ4v) is 5.03. The Bertz CT molecular complexity index is 975. The van der Waals surface area contributed by atoms with Crippen LogP contribution in [0.15, 0.2) is 70.7 Å². The quantitative estimate of drug-likeness (QED) is 0.503. The van der Waals surface area contributed by atoms with Gasteiger partial charge in [0.25, 0.3) is 0 Å². The fraction of sp³-hybridized carbons (Fsp3) is 0.304. The molecule has 0 aromatic heterocycles. The monoisotopic (exact) mass is 410 g/mol. The van der Waals surface area contributed by atoms with E-state index in [1.807, 2.05) is 37.3 Å². The van der Waals surface area contributed by atoms with Crippen LogP contribution in [0.25, 0.3) is 0 Å². The summed E-state index contributed by atoms with van der Waals surface area (Å²) in [5.41, 5.74) is 1.98. The van der Waals surface area contributed by atoms with Crippen LogP contribution in [-0.4, -0.2) is 19.7 Å². The van der Waals surface area contributed by atoms with E-state index in [1.165, 1.54) is 0 Å². The molecule has 0 saturated carbocycles. The van der Waals surface area contributed by atoms with Crippen molar-refractivity contribution in [3.05, 3.63) is 72.0 Å². The Balaban J connectivity index is 1.59. The molecule has 0 radical (unpaired) electrons. The molecular weight excluding hydrogens is 388 g/mol. The van der Waals surface area contributed by atoms with E-state index in [-0.39, 0.29) is 0 Å². The topological polar surface area (TPSA) is 46.2 Å². The first kappa shape index (κ1) is 18.6. The van der Waals surface area contributed by atoms with Crippen LogP contribution in [0.1, 0.15) is 30.9 Å². The lowest BCUT2D eigenvalue weighted by atomic mass is 9.95. The van der Waals surface area contributed by atoms with Crippen LogP contribution in [0, 0.1) is 0 Å². The van der Waals surface area contributed by atoms with E-state index in [1.54, 1.807) is 17.8 Å². The van der Waals surface area contributed by atoms with E-state index in [2.05, 4.69) is 18.7 Å². The van der Waals surface area contributed by atoms with Gasteiger partial charge in [-0.15, -0.1) is 0 Å². The third-order valence-corrected chi connectivity index (χ3v) is 6.37. The molecule has 5 rings (SSSR count). The zero-order chi connectivity index (χ0) is 19.8. The van der Waals surface area contributed by atoms with E-state index < -0.39 is 12.3 Å². The minimum absolute atomic E-state index is 0.599. The van der Waals surface area contributed by atoms with Gasteiger partial charge < -0.3 is 23.7 Å². The standard InChI is InChI=1S/C23H22O5S/c1-3-15(4-2)26-22-27-18-12-11-17-21(20(18)28-22)29-19-10-6-5-9-16(19)23(17)24-13-7-8-14-25-23/h3-6,9-12,22H,1,7-8,13-14H2,2H3/b15-4+. The van der Waals surface area contributed by atoms with Crippen molar-refractivity contribution in [3.63, 3.8) is 0 Å². The zero-order valence-electron chi connectivity index (χ0n) is 16.2. The molecule has 0 N–H and O–H groups in total. The van der Waals surface area contributed by atoms with Gasteiger partial charge in [-0.1, -0.05) is 36.5 Å². The normalized spacial score (nSPS) is 21.8. The van der Waals surface area contributed by atoms with Crippen LogP contribution in [0.5, 0.6) is 11.5 Å². The first-order valence-electron chi connectivity index (χ1n) is 9.76. The Hall–Kier alpha value is -2.41. The Morgan fingerprint density at radius 2 is 1.90 bits per heavy atom. The summed E-state index contributed by atoms with van der Waals surface area (Å²) in [6.07, 6.45) is 5.38. The molecule has 1 saturated heterocycles. The molecule has 3 heterocycles. The maximum Gasteiger partial charge on any atom is 0.406 e. The van der Waals surface area contributed by atoms with Crippen LogP contribution in [0.2, 0.25) is 0 Å². The largest absolute Gasteiger partial charge is 0.423 e. The van der Waals surface area contributed by atoms with Gasteiger partial charge in [-0.2, -0.15) is 0 Å². The van der Waals surface area contributed by atoms with Crippen molar-refractivity contribution < 1.29 is 23.7 Å². The molecule has 1 unspecified atom stereocenters. The summed E-state index contributed by atoms with van der Waals surface area (Å²) in [6, 6.07) is 12.1. The Morgan fingerprint density at radius 3 is 2.66 bits per heavy atom. The predicted octanol–water partition coefficient (Wildman–Crippen LogP) is 5.34. The molecule has 6 heteroatoms. The smallest absolute Gasteiger partial charge is 0.406 e. The van der Waals surface area contributed by atoms with Crippen molar-refractivity contribution in [3.8, 4) is 11.5 Å². The highest BCUT2D eigenvalue weighted by Gasteiger charge is 2.47.